The molecule has 5 heteroatoms. The van der Waals surface area contributed by atoms with Gasteiger partial charge in [-0.05, 0) is 31.0 Å². The summed E-state index contributed by atoms with van der Waals surface area (Å²) in [6, 6.07) is 15.3. The third-order valence-electron chi connectivity index (χ3n) is 4.09. The van der Waals surface area contributed by atoms with E-state index in [2.05, 4.69) is 0 Å². The maximum Gasteiger partial charge on any atom is 0.243 e. The van der Waals surface area contributed by atoms with Crippen LogP contribution in [0.15, 0.2) is 53.4 Å². The number of aryl methyl sites for hydroxylation is 2. The van der Waals surface area contributed by atoms with Gasteiger partial charge in [0.15, 0.2) is 0 Å². The maximum atomic E-state index is 12.6. The fraction of sp³-hybridized carbons (Fsp3) is 0.333. The van der Waals surface area contributed by atoms with Gasteiger partial charge in [0.2, 0.25) is 10.0 Å². The van der Waals surface area contributed by atoms with Crippen molar-refractivity contribution in [3.05, 3.63) is 65.2 Å². The van der Waals surface area contributed by atoms with Crippen LogP contribution in [-0.2, 0) is 21.4 Å². The minimum Gasteiger partial charge on any atom is -0.371 e. The number of benzene rings is 2. The van der Waals surface area contributed by atoms with Gasteiger partial charge in [0.05, 0.1) is 17.6 Å². The fourth-order valence-corrected chi connectivity index (χ4v) is 4.43. The summed E-state index contributed by atoms with van der Waals surface area (Å²) in [4.78, 5) is 0.393. The highest BCUT2D eigenvalue weighted by Crippen LogP contribution is 2.26. The van der Waals surface area contributed by atoms with Crippen molar-refractivity contribution in [2.45, 2.75) is 31.5 Å². The lowest BCUT2D eigenvalue weighted by molar-refractivity contribution is -0.0295. The average molecular weight is 331 g/mol. The van der Waals surface area contributed by atoms with Crippen molar-refractivity contribution in [1.29, 1.82) is 0 Å². The average Bonchev–Trinajstić information content (AvgIpc) is 2.46. The molecule has 1 saturated heterocycles. The molecule has 2 aromatic rings. The van der Waals surface area contributed by atoms with Gasteiger partial charge in [-0.2, -0.15) is 4.31 Å². The van der Waals surface area contributed by atoms with E-state index >= 15 is 0 Å². The first-order chi connectivity index (χ1) is 11.0. The third-order valence-corrected chi connectivity index (χ3v) is 6.08. The van der Waals surface area contributed by atoms with Gasteiger partial charge in [-0.15, -0.1) is 0 Å². The lowest BCUT2D eigenvalue weighted by Gasteiger charge is -2.38. The third kappa shape index (κ3) is 3.47. The van der Waals surface area contributed by atoms with Crippen molar-refractivity contribution < 1.29 is 13.2 Å². The zero-order valence-electron chi connectivity index (χ0n) is 13.4. The Balaban J connectivity index is 1.60. The molecular weight excluding hydrogens is 310 g/mol. The first kappa shape index (κ1) is 16.2. The SMILES string of the molecule is Cc1ccc(S(=O)(=O)N2CC(OCc3ccccc3)C2)c(C)c1. The Labute approximate surface area is 137 Å². The summed E-state index contributed by atoms with van der Waals surface area (Å²) in [7, 11) is -3.41. The summed E-state index contributed by atoms with van der Waals surface area (Å²) in [5.41, 5.74) is 2.95. The molecule has 1 aliphatic rings. The molecule has 0 atom stereocenters. The van der Waals surface area contributed by atoms with Gasteiger partial charge in [0.25, 0.3) is 0 Å². The van der Waals surface area contributed by atoms with Gasteiger partial charge in [0, 0.05) is 13.1 Å². The van der Waals surface area contributed by atoms with Crippen molar-refractivity contribution in [2.75, 3.05) is 13.1 Å². The smallest absolute Gasteiger partial charge is 0.243 e. The highest BCUT2D eigenvalue weighted by molar-refractivity contribution is 7.89. The standard InChI is InChI=1S/C18H21NO3S/c1-14-8-9-18(15(2)10-14)23(20,21)19-11-17(12-19)22-13-16-6-4-3-5-7-16/h3-10,17H,11-13H2,1-2H3. The van der Waals surface area contributed by atoms with E-state index in [-0.39, 0.29) is 6.10 Å². The molecule has 1 aliphatic heterocycles. The van der Waals surface area contributed by atoms with E-state index in [1.165, 1.54) is 4.31 Å². The molecule has 23 heavy (non-hydrogen) atoms. The number of nitrogens with zero attached hydrogens (tertiary/aromatic N) is 1. The summed E-state index contributed by atoms with van der Waals surface area (Å²) in [6.45, 7) is 5.15. The summed E-state index contributed by atoms with van der Waals surface area (Å²) in [5, 5.41) is 0. The predicted molar refractivity (Wildman–Crippen MR) is 89.7 cm³/mol. The van der Waals surface area contributed by atoms with Crippen molar-refractivity contribution in [3.8, 4) is 0 Å². The number of ether oxygens (including phenoxy) is 1. The highest BCUT2D eigenvalue weighted by atomic mass is 32.2. The Bertz CT molecular complexity index is 781. The highest BCUT2D eigenvalue weighted by Gasteiger charge is 2.37. The van der Waals surface area contributed by atoms with Crippen LogP contribution in [0.5, 0.6) is 0 Å². The zero-order valence-corrected chi connectivity index (χ0v) is 14.2. The molecule has 0 saturated carbocycles. The lowest BCUT2D eigenvalue weighted by Crippen LogP contribution is -2.54. The van der Waals surface area contributed by atoms with Crippen molar-refractivity contribution >= 4 is 10.0 Å². The Morgan fingerprint density at radius 2 is 1.78 bits per heavy atom. The van der Waals surface area contributed by atoms with Crippen LogP contribution >= 0.6 is 0 Å². The largest absolute Gasteiger partial charge is 0.371 e. The van der Waals surface area contributed by atoms with Crippen LogP contribution in [0.25, 0.3) is 0 Å². The van der Waals surface area contributed by atoms with Gasteiger partial charge in [0.1, 0.15) is 0 Å². The van der Waals surface area contributed by atoms with Gasteiger partial charge in [-0.3, -0.25) is 0 Å². The number of hydrogen-bond donors (Lipinski definition) is 0. The van der Waals surface area contributed by atoms with Crippen LogP contribution in [0.4, 0.5) is 0 Å². The topological polar surface area (TPSA) is 46.6 Å². The number of rotatable bonds is 5. The van der Waals surface area contributed by atoms with Crippen LogP contribution in [-0.4, -0.2) is 31.9 Å². The molecule has 2 aromatic carbocycles. The maximum absolute atomic E-state index is 12.6. The molecule has 0 N–H and O–H groups in total. The first-order valence-electron chi connectivity index (χ1n) is 7.70. The van der Waals surface area contributed by atoms with Crippen LogP contribution in [0.3, 0.4) is 0 Å². The molecular formula is C18H21NO3S. The van der Waals surface area contributed by atoms with Crippen molar-refractivity contribution in [2.24, 2.45) is 0 Å². The summed E-state index contributed by atoms with van der Waals surface area (Å²) in [5.74, 6) is 0. The molecule has 0 aliphatic carbocycles. The first-order valence-corrected chi connectivity index (χ1v) is 9.14. The second-order valence-electron chi connectivity index (χ2n) is 6.01. The van der Waals surface area contributed by atoms with E-state index in [1.807, 2.05) is 56.3 Å². The van der Waals surface area contributed by atoms with E-state index in [9.17, 15) is 8.42 Å². The van der Waals surface area contributed by atoms with Crippen LogP contribution in [0.2, 0.25) is 0 Å². The van der Waals surface area contributed by atoms with Crippen LogP contribution in [0.1, 0.15) is 16.7 Å². The molecule has 0 unspecified atom stereocenters. The molecule has 3 rings (SSSR count). The molecule has 0 radical (unpaired) electrons. The van der Waals surface area contributed by atoms with Crippen molar-refractivity contribution in [1.82, 2.24) is 4.31 Å². The second-order valence-corrected chi connectivity index (χ2v) is 7.92. The molecule has 0 bridgehead atoms. The summed E-state index contributed by atoms with van der Waals surface area (Å²) < 4.78 is 32.5. The van der Waals surface area contributed by atoms with E-state index in [0.717, 1.165) is 16.7 Å². The minimum atomic E-state index is -3.41. The number of sulfonamides is 1. The monoisotopic (exact) mass is 331 g/mol. The van der Waals surface area contributed by atoms with Crippen LogP contribution in [0, 0.1) is 13.8 Å². The molecule has 1 heterocycles. The Morgan fingerprint density at radius 1 is 1.09 bits per heavy atom. The lowest BCUT2D eigenvalue weighted by atomic mass is 10.2. The zero-order chi connectivity index (χ0) is 16.4. The van der Waals surface area contributed by atoms with Gasteiger partial charge in [-0.25, -0.2) is 8.42 Å². The van der Waals surface area contributed by atoms with E-state index in [1.54, 1.807) is 6.07 Å². The quantitative estimate of drug-likeness (QED) is 0.846. The second kappa shape index (κ2) is 6.43. The van der Waals surface area contributed by atoms with Gasteiger partial charge in [-0.1, -0.05) is 48.0 Å². The summed E-state index contributed by atoms with van der Waals surface area (Å²) >= 11 is 0. The van der Waals surface area contributed by atoms with E-state index in [4.69, 9.17) is 4.74 Å². The molecule has 1 fully saturated rings. The molecule has 4 nitrogen and oxygen atoms in total. The van der Waals surface area contributed by atoms with E-state index < -0.39 is 10.0 Å². The molecule has 0 aromatic heterocycles. The van der Waals surface area contributed by atoms with Crippen LogP contribution < -0.4 is 0 Å². The van der Waals surface area contributed by atoms with Gasteiger partial charge < -0.3 is 4.74 Å². The van der Waals surface area contributed by atoms with Gasteiger partial charge >= 0.3 is 0 Å². The predicted octanol–water partition coefficient (Wildman–Crippen LogP) is 2.89. The number of hydrogen-bond acceptors (Lipinski definition) is 3. The van der Waals surface area contributed by atoms with Crippen molar-refractivity contribution in [3.63, 3.8) is 0 Å². The molecule has 122 valence electrons. The van der Waals surface area contributed by atoms with E-state index in [0.29, 0.717) is 24.6 Å². The summed E-state index contributed by atoms with van der Waals surface area (Å²) in [6.07, 6.45) is -0.0317. The Hall–Kier alpha value is -1.69. The molecule has 0 spiro atoms. The Morgan fingerprint density at radius 3 is 2.43 bits per heavy atom. The Kier molecular flexibility index (Phi) is 4.53. The fourth-order valence-electron chi connectivity index (χ4n) is 2.72. The molecule has 0 amide bonds. The normalized spacial score (nSPS) is 16.3. The minimum absolute atomic E-state index is 0.0317.